The molecule has 0 aliphatic carbocycles. The van der Waals surface area contributed by atoms with Gasteiger partial charge in [0.15, 0.2) is 0 Å². The molecule has 1 fully saturated rings. The second kappa shape index (κ2) is 4.41. The Kier molecular flexibility index (Phi) is 3.11. The van der Waals surface area contributed by atoms with E-state index < -0.39 is 36.1 Å². The number of hydrogen-bond acceptors (Lipinski definition) is 6. The quantitative estimate of drug-likeness (QED) is 0.464. The molecule has 0 spiro atoms. The van der Waals surface area contributed by atoms with E-state index in [1.165, 1.54) is 18.3 Å². The molecule has 4 unspecified atom stereocenters. The van der Waals surface area contributed by atoms with Gasteiger partial charge in [0.05, 0.1) is 12.8 Å². The van der Waals surface area contributed by atoms with Gasteiger partial charge in [-0.15, -0.1) is 0 Å². The molecule has 8 nitrogen and oxygen atoms in total. The van der Waals surface area contributed by atoms with Gasteiger partial charge in [-0.05, 0) is 11.0 Å². The van der Waals surface area contributed by atoms with Gasteiger partial charge >= 0.3 is 5.82 Å². The predicted octanol–water partition coefficient (Wildman–Crippen LogP) is -0.992. The fraction of sp³-hybridized carbons (Fsp3) is 0.556. The average molecular weight is 244 g/mol. The lowest BCUT2D eigenvalue weighted by atomic mass is 10.1. The molecular weight excluding hydrogens is 232 g/mol. The third kappa shape index (κ3) is 1.91. The average Bonchev–Trinajstić information content (AvgIpc) is 2.86. The van der Waals surface area contributed by atoms with Gasteiger partial charge in [-0.25, -0.2) is 4.57 Å². The first-order valence-corrected chi connectivity index (χ1v) is 5.00. The van der Waals surface area contributed by atoms with E-state index in [2.05, 4.69) is 0 Å². The van der Waals surface area contributed by atoms with Crippen molar-refractivity contribution in [3.05, 3.63) is 28.4 Å². The van der Waals surface area contributed by atoms with Crippen molar-refractivity contribution in [2.75, 3.05) is 6.61 Å². The highest BCUT2D eigenvalue weighted by atomic mass is 16.6. The minimum absolute atomic E-state index is 0.250. The Morgan fingerprint density at radius 1 is 1.47 bits per heavy atom. The van der Waals surface area contributed by atoms with Crippen LogP contribution in [0.25, 0.3) is 0 Å². The monoisotopic (exact) mass is 244 g/mol. The second-order valence-electron chi connectivity index (χ2n) is 3.76. The maximum absolute atomic E-state index is 10.7. The molecule has 1 saturated heterocycles. The molecule has 1 aromatic heterocycles. The summed E-state index contributed by atoms with van der Waals surface area (Å²) in [4.78, 5) is 10.1. The highest BCUT2D eigenvalue weighted by molar-refractivity contribution is 5.22. The number of nitrogens with zero attached hydrogens (tertiary/aromatic N) is 2. The van der Waals surface area contributed by atoms with Crippen LogP contribution in [0.15, 0.2) is 18.3 Å². The Bertz CT molecular complexity index is 419. The number of aliphatic hydroxyl groups is 3. The van der Waals surface area contributed by atoms with Crippen LogP contribution in [0.1, 0.15) is 6.23 Å². The van der Waals surface area contributed by atoms with E-state index >= 15 is 0 Å². The summed E-state index contributed by atoms with van der Waals surface area (Å²) in [5.41, 5.74) is 0. The molecule has 1 aliphatic rings. The van der Waals surface area contributed by atoms with Crippen molar-refractivity contribution in [1.82, 2.24) is 4.57 Å². The molecule has 3 N–H and O–H groups in total. The van der Waals surface area contributed by atoms with E-state index in [1.54, 1.807) is 0 Å². The molecule has 0 amide bonds. The van der Waals surface area contributed by atoms with Crippen LogP contribution < -0.4 is 0 Å². The third-order valence-electron chi connectivity index (χ3n) is 2.73. The van der Waals surface area contributed by atoms with Gasteiger partial charge in [0, 0.05) is 6.07 Å². The van der Waals surface area contributed by atoms with E-state index in [0.717, 1.165) is 4.57 Å². The van der Waals surface area contributed by atoms with Crippen molar-refractivity contribution in [1.29, 1.82) is 0 Å². The standard InChI is InChI=1S/C9H12N2O6/c12-4-5-7(13)8(14)9(17-5)10-3-1-2-6(10)11(15)16/h1-3,5,7-9,12-14H,4H2. The first-order valence-electron chi connectivity index (χ1n) is 5.00. The SMILES string of the molecule is O=[N+]([O-])c1cccn1C1OC(CO)C(O)C1O. The highest BCUT2D eigenvalue weighted by Gasteiger charge is 2.46. The number of hydrogen-bond donors (Lipinski definition) is 3. The minimum atomic E-state index is -1.32. The molecule has 0 aromatic carbocycles. The fourth-order valence-corrected chi connectivity index (χ4v) is 1.86. The van der Waals surface area contributed by atoms with Crippen molar-refractivity contribution < 1.29 is 25.0 Å². The fourth-order valence-electron chi connectivity index (χ4n) is 1.86. The molecule has 17 heavy (non-hydrogen) atoms. The molecule has 1 aromatic rings. The van der Waals surface area contributed by atoms with E-state index in [9.17, 15) is 20.3 Å². The summed E-state index contributed by atoms with van der Waals surface area (Å²) in [5, 5.41) is 38.9. The Morgan fingerprint density at radius 3 is 2.71 bits per heavy atom. The van der Waals surface area contributed by atoms with Crippen LogP contribution in [0, 0.1) is 10.1 Å². The topological polar surface area (TPSA) is 118 Å². The lowest BCUT2D eigenvalue weighted by Gasteiger charge is -2.13. The lowest BCUT2D eigenvalue weighted by molar-refractivity contribution is -0.394. The molecule has 2 rings (SSSR count). The summed E-state index contributed by atoms with van der Waals surface area (Å²) in [6, 6.07) is 2.70. The van der Waals surface area contributed by atoms with Gasteiger partial charge in [0.25, 0.3) is 0 Å². The van der Waals surface area contributed by atoms with Crippen molar-refractivity contribution >= 4 is 5.82 Å². The first kappa shape index (κ1) is 12.0. The summed E-state index contributed by atoms with van der Waals surface area (Å²) in [6.45, 7) is -0.468. The van der Waals surface area contributed by atoms with Gasteiger partial charge in [-0.3, -0.25) is 0 Å². The molecular formula is C9H12N2O6. The number of nitro groups is 1. The first-order chi connectivity index (χ1) is 8.06. The van der Waals surface area contributed by atoms with Crippen molar-refractivity contribution in [3.63, 3.8) is 0 Å². The molecule has 0 radical (unpaired) electrons. The van der Waals surface area contributed by atoms with Crippen molar-refractivity contribution in [2.24, 2.45) is 0 Å². The maximum Gasteiger partial charge on any atom is 0.325 e. The Balaban J connectivity index is 2.29. The molecule has 4 atom stereocenters. The highest BCUT2D eigenvalue weighted by Crippen LogP contribution is 2.32. The molecule has 94 valence electrons. The smallest absolute Gasteiger partial charge is 0.325 e. The number of aromatic nitrogens is 1. The zero-order valence-corrected chi connectivity index (χ0v) is 8.71. The molecule has 0 bridgehead atoms. The lowest BCUT2D eigenvalue weighted by Crippen LogP contribution is -2.33. The van der Waals surface area contributed by atoms with Gasteiger partial charge in [-0.2, -0.15) is 0 Å². The van der Waals surface area contributed by atoms with Crippen LogP contribution in [-0.2, 0) is 4.74 Å². The third-order valence-corrected chi connectivity index (χ3v) is 2.73. The van der Waals surface area contributed by atoms with Gasteiger partial charge in [0.2, 0.25) is 6.23 Å². The molecule has 2 heterocycles. The van der Waals surface area contributed by atoms with Gasteiger partial charge in [-0.1, -0.05) is 0 Å². The summed E-state index contributed by atoms with van der Waals surface area (Å²) in [5.74, 6) is -0.250. The van der Waals surface area contributed by atoms with Crippen LogP contribution in [0.2, 0.25) is 0 Å². The van der Waals surface area contributed by atoms with Crippen LogP contribution in [0.5, 0.6) is 0 Å². The summed E-state index contributed by atoms with van der Waals surface area (Å²) in [7, 11) is 0. The summed E-state index contributed by atoms with van der Waals surface area (Å²) >= 11 is 0. The Morgan fingerprint density at radius 2 is 2.18 bits per heavy atom. The number of ether oxygens (including phenoxy) is 1. The van der Waals surface area contributed by atoms with Crippen LogP contribution in [-0.4, -0.2) is 49.7 Å². The molecule has 1 aliphatic heterocycles. The van der Waals surface area contributed by atoms with E-state index in [4.69, 9.17) is 9.84 Å². The van der Waals surface area contributed by atoms with E-state index in [-0.39, 0.29) is 5.82 Å². The van der Waals surface area contributed by atoms with Crippen LogP contribution >= 0.6 is 0 Å². The van der Waals surface area contributed by atoms with E-state index in [0.29, 0.717) is 0 Å². The normalized spacial score (nSPS) is 32.9. The Labute approximate surface area is 95.8 Å². The van der Waals surface area contributed by atoms with Crippen LogP contribution in [0.3, 0.4) is 0 Å². The van der Waals surface area contributed by atoms with Gasteiger partial charge < -0.3 is 30.2 Å². The van der Waals surface area contributed by atoms with E-state index in [1.807, 2.05) is 0 Å². The minimum Gasteiger partial charge on any atom is -0.394 e. The van der Waals surface area contributed by atoms with Gasteiger partial charge in [0.1, 0.15) is 18.3 Å². The summed E-state index contributed by atoms with van der Waals surface area (Å²) in [6.07, 6.45) is -3.24. The zero-order chi connectivity index (χ0) is 12.6. The largest absolute Gasteiger partial charge is 0.394 e. The van der Waals surface area contributed by atoms with Crippen molar-refractivity contribution in [2.45, 2.75) is 24.5 Å². The molecule has 8 heteroatoms. The number of aliphatic hydroxyl groups excluding tert-OH is 3. The predicted molar refractivity (Wildman–Crippen MR) is 54.1 cm³/mol. The second-order valence-corrected chi connectivity index (χ2v) is 3.76. The molecule has 0 saturated carbocycles. The zero-order valence-electron chi connectivity index (χ0n) is 8.71. The number of rotatable bonds is 3. The van der Waals surface area contributed by atoms with Crippen LogP contribution in [0.4, 0.5) is 5.82 Å². The summed E-state index contributed by atoms with van der Waals surface area (Å²) < 4.78 is 6.29. The van der Waals surface area contributed by atoms with Crippen molar-refractivity contribution in [3.8, 4) is 0 Å². The maximum atomic E-state index is 10.7. The Hall–Kier alpha value is -1.48.